The monoisotopic (exact) mass is 403 g/mol. The highest BCUT2D eigenvalue weighted by Crippen LogP contribution is 2.18. The SMILES string of the molecule is Cc1cc(C)n(Cc2ccc(C(=O)N3CCC(OCc4ccccc4)CC3)cc2)n1. The largest absolute Gasteiger partial charge is 0.373 e. The van der Waals surface area contributed by atoms with Crippen LogP contribution >= 0.6 is 0 Å². The van der Waals surface area contributed by atoms with Gasteiger partial charge in [0.05, 0.1) is 24.9 Å². The highest BCUT2D eigenvalue weighted by molar-refractivity contribution is 5.94. The number of carbonyl (C=O) groups excluding carboxylic acids is 1. The molecule has 30 heavy (non-hydrogen) atoms. The molecule has 0 bridgehead atoms. The van der Waals surface area contributed by atoms with Crippen molar-refractivity contribution in [3.05, 3.63) is 88.7 Å². The molecule has 1 amide bonds. The van der Waals surface area contributed by atoms with Crippen LogP contribution < -0.4 is 0 Å². The zero-order valence-corrected chi connectivity index (χ0v) is 17.8. The Morgan fingerprint density at radius 3 is 2.33 bits per heavy atom. The van der Waals surface area contributed by atoms with E-state index in [9.17, 15) is 4.79 Å². The van der Waals surface area contributed by atoms with Gasteiger partial charge in [-0.1, -0.05) is 42.5 Å². The van der Waals surface area contributed by atoms with E-state index in [0.717, 1.165) is 55.0 Å². The Morgan fingerprint density at radius 2 is 1.70 bits per heavy atom. The molecule has 0 N–H and O–H groups in total. The van der Waals surface area contributed by atoms with Gasteiger partial charge in [-0.25, -0.2) is 0 Å². The number of carbonyl (C=O) groups is 1. The maximum absolute atomic E-state index is 12.9. The van der Waals surface area contributed by atoms with Crippen molar-refractivity contribution in [2.45, 2.75) is 45.9 Å². The quantitative estimate of drug-likeness (QED) is 0.614. The Balaban J connectivity index is 1.28. The summed E-state index contributed by atoms with van der Waals surface area (Å²) >= 11 is 0. The normalized spacial score (nSPS) is 14.8. The third kappa shape index (κ3) is 4.97. The van der Waals surface area contributed by atoms with Crippen molar-refractivity contribution < 1.29 is 9.53 Å². The summed E-state index contributed by atoms with van der Waals surface area (Å²) in [6.45, 7) is 6.90. The van der Waals surface area contributed by atoms with Crippen molar-refractivity contribution in [3.63, 3.8) is 0 Å². The number of nitrogens with zero attached hydrogens (tertiary/aromatic N) is 3. The number of rotatable bonds is 6. The summed E-state index contributed by atoms with van der Waals surface area (Å²) in [6, 6.07) is 20.2. The van der Waals surface area contributed by atoms with Gasteiger partial charge in [0, 0.05) is 24.3 Å². The van der Waals surface area contributed by atoms with Crippen molar-refractivity contribution >= 4 is 5.91 Å². The van der Waals surface area contributed by atoms with E-state index < -0.39 is 0 Å². The molecule has 1 aromatic heterocycles. The molecule has 1 fully saturated rings. The molecule has 0 unspecified atom stereocenters. The second kappa shape index (κ2) is 9.26. The molecule has 3 aromatic rings. The summed E-state index contributed by atoms with van der Waals surface area (Å²) < 4.78 is 8.03. The first-order valence-electron chi connectivity index (χ1n) is 10.6. The predicted molar refractivity (Wildman–Crippen MR) is 117 cm³/mol. The first-order valence-corrected chi connectivity index (χ1v) is 10.6. The van der Waals surface area contributed by atoms with Gasteiger partial charge in [-0.05, 0) is 56.0 Å². The van der Waals surface area contributed by atoms with Crippen LogP contribution in [0.4, 0.5) is 0 Å². The minimum atomic E-state index is 0.106. The fraction of sp³-hybridized carbons (Fsp3) is 0.360. The minimum Gasteiger partial charge on any atom is -0.373 e. The van der Waals surface area contributed by atoms with Gasteiger partial charge in [0.1, 0.15) is 0 Å². The third-order valence-corrected chi connectivity index (χ3v) is 5.69. The zero-order valence-electron chi connectivity index (χ0n) is 17.8. The molecule has 1 aliphatic rings. The number of aryl methyl sites for hydroxylation is 2. The van der Waals surface area contributed by atoms with E-state index in [0.29, 0.717) is 6.61 Å². The number of amides is 1. The summed E-state index contributed by atoms with van der Waals surface area (Å²) in [5, 5.41) is 4.51. The van der Waals surface area contributed by atoms with Crippen molar-refractivity contribution in [3.8, 4) is 0 Å². The lowest BCUT2D eigenvalue weighted by molar-refractivity contribution is -0.000379. The van der Waals surface area contributed by atoms with Crippen LogP contribution in [0.1, 0.15) is 45.7 Å². The Kier molecular flexibility index (Phi) is 6.29. The Morgan fingerprint density at radius 1 is 1.00 bits per heavy atom. The molecular weight excluding hydrogens is 374 g/mol. The Bertz CT molecular complexity index is 971. The van der Waals surface area contributed by atoms with Gasteiger partial charge in [-0.2, -0.15) is 5.10 Å². The van der Waals surface area contributed by atoms with E-state index in [4.69, 9.17) is 4.74 Å². The van der Waals surface area contributed by atoms with Gasteiger partial charge in [0.2, 0.25) is 0 Å². The molecule has 0 atom stereocenters. The van der Waals surface area contributed by atoms with Crippen LogP contribution in [0.15, 0.2) is 60.7 Å². The minimum absolute atomic E-state index is 0.106. The fourth-order valence-electron chi connectivity index (χ4n) is 3.96. The molecule has 2 aromatic carbocycles. The number of benzene rings is 2. The van der Waals surface area contributed by atoms with Crippen LogP contribution in [0.25, 0.3) is 0 Å². The average Bonchev–Trinajstić information content (AvgIpc) is 3.10. The van der Waals surface area contributed by atoms with Crippen LogP contribution in [0.3, 0.4) is 0 Å². The molecule has 0 radical (unpaired) electrons. The molecule has 0 aliphatic carbocycles. The maximum atomic E-state index is 12.9. The smallest absolute Gasteiger partial charge is 0.253 e. The highest BCUT2D eigenvalue weighted by Gasteiger charge is 2.24. The summed E-state index contributed by atoms with van der Waals surface area (Å²) in [6.07, 6.45) is 1.99. The van der Waals surface area contributed by atoms with Crippen LogP contribution in [-0.4, -0.2) is 39.8 Å². The lowest BCUT2D eigenvalue weighted by Gasteiger charge is -2.32. The Labute approximate surface area is 178 Å². The molecule has 2 heterocycles. The molecule has 5 heteroatoms. The highest BCUT2D eigenvalue weighted by atomic mass is 16.5. The van der Waals surface area contributed by atoms with Gasteiger partial charge >= 0.3 is 0 Å². The number of hydrogen-bond acceptors (Lipinski definition) is 3. The number of hydrogen-bond donors (Lipinski definition) is 0. The Hall–Kier alpha value is -2.92. The molecule has 0 spiro atoms. The van der Waals surface area contributed by atoms with Gasteiger partial charge in [0.25, 0.3) is 5.91 Å². The lowest BCUT2D eigenvalue weighted by atomic mass is 10.1. The number of aromatic nitrogens is 2. The average molecular weight is 404 g/mol. The fourth-order valence-corrected chi connectivity index (χ4v) is 3.96. The second-order valence-corrected chi connectivity index (χ2v) is 8.07. The molecular formula is C25H29N3O2. The maximum Gasteiger partial charge on any atom is 0.253 e. The van der Waals surface area contributed by atoms with E-state index >= 15 is 0 Å². The van der Waals surface area contributed by atoms with Crippen LogP contribution in [-0.2, 0) is 17.9 Å². The summed E-state index contributed by atoms with van der Waals surface area (Å²) in [7, 11) is 0. The molecule has 1 aliphatic heterocycles. The number of likely N-dealkylation sites (tertiary alicyclic amines) is 1. The molecule has 156 valence electrons. The van der Waals surface area contributed by atoms with Gasteiger partial charge in [0.15, 0.2) is 0 Å². The lowest BCUT2D eigenvalue weighted by Crippen LogP contribution is -2.40. The summed E-state index contributed by atoms with van der Waals surface area (Å²) in [5.41, 5.74) is 5.25. The number of ether oxygens (including phenoxy) is 1. The molecule has 1 saturated heterocycles. The van der Waals surface area contributed by atoms with Gasteiger partial charge < -0.3 is 9.64 Å². The first-order chi connectivity index (χ1) is 14.6. The predicted octanol–water partition coefficient (Wildman–Crippen LogP) is 4.37. The van der Waals surface area contributed by atoms with Crippen LogP contribution in [0.2, 0.25) is 0 Å². The van der Waals surface area contributed by atoms with Gasteiger partial charge in [-0.3, -0.25) is 9.48 Å². The molecule has 4 rings (SSSR count). The topological polar surface area (TPSA) is 47.4 Å². The van der Waals surface area contributed by atoms with E-state index in [1.165, 1.54) is 5.56 Å². The van der Waals surface area contributed by atoms with E-state index in [1.807, 2.05) is 59.0 Å². The van der Waals surface area contributed by atoms with E-state index in [2.05, 4.69) is 30.2 Å². The van der Waals surface area contributed by atoms with Crippen molar-refractivity contribution in [2.75, 3.05) is 13.1 Å². The van der Waals surface area contributed by atoms with Crippen molar-refractivity contribution in [2.24, 2.45) is 0 Å². The molecule has 5 nitrogen and oxygen atoms in total. The van der Waals surface area contributed by atoms with Gasteiger partial charge in [-0.15, -0.1) is 0 Å². The van der Waals surface area contributed by atoms with E-state index in [-0.39, 0.29) is 12.0 Å². The zero-order chi connectivity index (χ0) is 20.9. The van der Waals surface area contributed by atoms with Crippen LogP contribution in [0, 0.1) is 13.8 Å². The third-order valence-electron chi connectivity index (χ3n) is 5.69. The first kappa shape index (κ1) is 20.4. The molecule has 0 saturated carbocycles. The summed E-state index contributed by atoms with van der Waals surface area (Å²) in [5.74, 6) is 0.106. The van der Waals surface area contributed by atoms with Crippen molar-refractivity contribution in [1.82, 2.24) is 14.7 Å². The van der Waals surface area contributed by atoms with E-state index in [1.54, 1.807) is 0 Å². The number of piperidine rings is 1. The standard InChI is InChI=1S/C25H29N3O2/c1-19-16-20(2)28(26-19)17-21-8-10-23(11-9-21)25(29)27-14-12-24(13-15-27)30-18-22-6-4-3-5-7-22/h3-11,16,24H,12-15,17-18H2,1-2H3. The van der Waals surface area contributed by atoms with Crippen molar-refractivity contribution in [1.29, 1.82) is 0 Å². The van der Waals surface area contributed by atoms with Crippen LogP contribution in [0.5, 0.6) is 0 Å². The second-order valence-electron chi connectivity index (χ2n) is 8.07. The summed E-state index contributed by atoms with van der Waals surface area (Å²) in [4.78, 5) is 14.8.